The standard InChI is InChI=1S/C11H11N3O2S/c1-16-10-9-11(13-5-12-10)17-7-4-2-3-6(15)8(7)14-9/h5,14H,2-4H2,1H3. The molecule has 0 aromatic carbocycles. The Morgan fingerprint density at radius 2 is 2.29 bits per heavy atom. The molecule has 0 bridgehead atoms. The molecule has 88 valence electrons. The van der Waals surface area contributed by atoms with Crippen molar-refractivity contribution in [2.45, 2.75) is 24.3 Å². The number of methoxy groups -OCH3 is 1. The second kappa shape index (κ2) is 4.03. The molecule has 0 fully saturated rings. The molecule has 1 N–H and O–H groups in total. The number of hydrogen-bond donors (Lipinski definition) is 1. The third kappa shape index (κ3) is 1.68. The van der Waals surface area contributed by atoms with Crippen LogP contribution in [0.15, 0.2) is 22.0 Å². The highest BCUT2D eigenvalue weighted by molar-refractivity contribution is 8.03. The van der Waals surface area contributed by atoms with Gasteiger partial charge in [0, 0.05) is 11.3 Å². The van der Waals surface area contributed by atoms with Crippen molar-refractivity contribution in [1.29, 1.82) is 0 Å². The fourth-order valence-corrected chi connectivity index (χ4v) is 3.08. The van der Waals surface area contributed by atoms with E-state index in [9.17, 15) is 4.79 Å². The summed E-state index contributed by atoms with van der Waals surface area (Å²) in [5, 5.41) is 3.95. The number of ketones is 1. The molecule has 3 rings (SSSR count). The van der Waals surface area contributed by atoms with E-state index < -0.39 is 0 Å². The first-order valence-electron chi connectivity index (χ1n) is 5.40. The summed E-state index contributed by atoms with van der Waals surface area (Å²) in [6.07, 6.45) is 3.94. The molecule has 0 unspecified atom stereocenters. The Kier molecular flexibility index (Phi) is 2.51. The third-order valence-corrected chi connectivity index (χ3v) is 3.96. The Labute approximate surface area is 103 Å². The summed E-state index contributed by atoms with van der Waals surface area (Å²) in [6, 6.07) is 0. The monoisotopic (exact) mass is 249 g/mol. The number of ether oxygens (including phenoxy) is 1. The molecule has 0 saturated heterocycles. The Morgan fingerprint density at radius 1 is 1.41 bits per heavy atom. The van der Waals surface area contributed by atoms with Crippen molar-refractivity contribution in [2.75, 3.05) is 12.4 Å². The van der Waals surface area contributed by atoms with E-state index >= 15 is 0 Å². The van der Waals surface area contributed by atoms with Crippen LogP contribution < -0.4 is 10.1 Å². The molecule has 1 aromatic rings. The number of hydrogen-bond acceptors (Lipinski definition) is 6. The van der Waals surface area contributed by atoms with E-state index in [-0.39, 0.29) is 5.78 Å². The quantitative estimate of drug-likeness (QED) is 0.768. The van der Waals surface area contributed by atoms with Crippen molar-refractivity contribution >= 4 is 23.2 Å². The number of thioether (sulfide) groups is 1. The van der Waals surface area contributed by atoms with Crippen LogP contribution in [-0.2, 0) is 4.79 Å². The van der Waals surface area contributed by atoms with Gasteiger partial charge in [0.2, 0.25) is 5.88 Å². The van der Waals surface area contributed by atoms with Crippen LogP contribution in [0.4, 0.5) is 5.69 Å². The summed E-state index contributed by atoms with van der Waals surface area (Å²) in [7, 11) is 1.56. The molecule has 5 nitrogen and oxygen atoms in total. The average molecular weight is 249 g/mol. The van der Waals surface area contributed by atoms with Gasteiger partial charge in [-0.1, -0.05) is 11.8 Å². The molecule has 0 radical (unpaired) electrons. The van der Waals surface area contributed by atoms with Gasteiger partial charge in [-0.05, 0) is 12.8 Å². The molecule has 6 heteroatoms. The minimum atomic E-state index is 0.162. The van der Waals surface area contributed by atoms with Gasteiger partial charge >= 0.3 is 0 Å². The number of anilines is 1. The lowest BCUT2D eigenvalue weighted by molar-refractivity contribution is -0.115. The first-order chi connectivity index (χ1) is 8.29. The molecule has 0 amide bonds. The summed E-state index contributed by atoms with van der Waals surface area (Å²) >= 11 is 1.54. The van der Waals surface area contributed by atoms with E-state index in [1.54, 1.807) is 7.11 Å². The normalized spacial score (nSPS) is 18.3. The van der Waals surface area contributed by atoms with Crippen LogP contribution in [0, 0.1) is 0 Å². The van der Waals surface area contributed by atoms with Crippen LogP contribution >= 0.6 is 11.8 Å². The summed E-state index contributed by atoms with van der Waals surface area (Å²) < 4.78 is 5.17. The highest BCUT2D eigenvalue weighted by Gasteiger charge is 2.29. The number of aromatic nitrogens is 2. The van der Waals surface area contributed by atoms with Gasteiger partial charge in [0.25, 0.3) is 0 Å². The van der Waals surface area contributed by atoms with Gasteiger partial charge < -0.3 is 10.1 Å². The van der Waals surface area contributed by atoms with E-state index in [0.717, 1.165) is 22.8 Å². The highest BCUT2D eigenvalue weighted by Crippen LogP contribution is 2.45. The summed E-state index contributed by atoms with van der Waals surface area (Å²) in [6.45, 7) is 0. The maximum absolute atomic E-state index is 11.8. The lowest BCUT2D eigenvalue weighted by atomic mass is 10.0. The molecule has 0 spiro atoms. The third-order valence-electron chi connectivity index (χ3n) is 2.81. The topological polar surface area (TPSA) is 64.1 Å². The number of nitrogens with one attached hydrogen (secondary N) is 1. The van der Waals surface area contributed by atoms with Crippen LogP contribution in [0.3, 0.4) is 0 Å². The lowest BCUT2D eigenvalue weighted by Gasteiger charge is -2.25. The Bertz CT molecular complexity index is 527. The van der Waals surface area contributed by atoms with Gasteiger partial charge in [0.05, 0.1) is 12.8 Å². The fraction of sp³-hybridized carbons (Fsp3) is 0.364. The van der Waals surface area contributed by atoms with Crippen LogP contribution in [-0.4, -0.2) is 22.9 Å². The fourth-order valence-electron chi connectivity index (χ4n) is 1.99. The predicted molar refractivity (Wildman–Crippen MR) is 63.9 cm³/mol. The lowest BCUT2D eigenvalue weighted by Crippen LogP contribution is -2.21. The van der Waals surface area contributed by atoms with Gasteiger partial charge in [-0.15, -0.1) is 0 Å². The number of nitrogens with zero attached hydrogens (tertiary/aromatic N) is 2. The minimum absolute atomic E-state index is 0.162. The molecule has 0 saturated carbocycles. The second-order valence-corrected chi connectivity index (χ2v) is 4.95. The number of Topliss-reactive ketones (excluding diaryl/α,β-unsaturated/α-hetero) is 1. The van der Waals surface area contributed by atoms with Crippen molar-refractivity contribution in [1.82, 2.24) is 9.97 Å². The van der Waals surface area contributed by atoms with E-state index in [4.69, 9.17) is 4.74 Å². The Hall–Kier alpha value is -1.56. The summed E-state index contributed by atoms with van der Waals surface area (Å²) in [5.41, 5.74) is 1.40. The van der Waals surface area contributed by atoms with Crippen LogP contribution in [0.1, 0.15) is 19.3 Å². The number of rotatable bonds is 1. The number of carbonyl (C=O) groups excluding carboxylic acids is 1. The van der Waals surface area contributed by atoms with Crippen molar-refractivity contribution in [3.05, 3.63) is 16.9 Å². The average Bonchev–Trinajstić information content (AvgIpc) is 2.36. The van der Waals surface area contributed by atoms with Crippen LogP contribution in [0.25, 0.3) is 0 Å². The van der Waals surface area contributed by atoms with E-state index in [2.05, 4.69) is 15.3 Å². The first-order valence-corrected chi connectivity index (χ1v) is 6.21. The van der Waals surface area contributed by atoms with Crippen molar-refractivity contribution in [3.8, 4) is 5.88 Å². The molecule has 1 aliphatic heterocycles. The predicted octanol–water partition coefficient (Wildman–Crippen LogP) is 1.97. The smallest absolute Gasteiger partial charge is 0.241 e. The molecular weight excluding hydrogens is 238 g/mol. The molecule has 2 heterocycles. The molecule has 1 aromatic heterocycles. The van der Waals surface area contributed by atoms with E-state index in [0.29, 0.717) is 23.7 Å². The zero-order valence-corrected chi connectivity index (χ0v) is 10.1. The second-order valence-electron chi connectivity index (χ2n) is 3.87. The van der Waals surface area contributed by atoms with Crippen molar-refractivity contribution in [3.63, 3.8) is 0 Å². The summed E-state index contributed by atoms with van der Waals surface area (Å²) in [4.78, 5) is 21.1. The number of carbonyl (C=O) groups is 1. The first kappa shape index (κ1) is 10.6. The largest absolute Gasteiger partial charge is 0.479 e. The molecule has 2 aliphatic rings. The van der Waals surface area contributed by atoms with Gasteiger partial charge in [0.1, 0.15) is 17.0 Å². The number of fused-ring (bicyclic) bond motifs is 1. The van der Waals surface area contributed by atoms with Gasteiger partial charge in [0.15, 0.2) is 5.78 Å². The van der Waals surface area contributed by atoms with Crippen LogP contribution in [0.5, 0.6) is 5.88 Å². The zero-order chi connectivity index (χ0) is 11.8. The van der Waals surface area contributed by atoms with Gasteiger partial charge in [-0.2, -0.15) is 4.98 Å². The number of allylic oxidation sites excluding steroid dienone is 2. The molecule has 17 heavy (non-hydrogen) atoms. The van der Waals surface area contributed by atoms with Crippen LogP contribution in [0.2, 0.25) is 0 Å². The molecular formula is C11H11N3O2S. The zero-order valence-electron chi connectivity index (χ0n) is 9.32. The van der Waals surface area contributed by atoms with E-state index in [1.807, 2.05) is 0 Å². The van der Waals surface area contributed by atoms with Crippen molar-refractivity contribution < 1.29 is 9.53 Å². The Balaban J connectivity index is 2.05. The van der Waals surface area contributed by atoms with E-state index in [1.165, 1.54) is 18.1 Å². The minimum Gasteiger partial charge on any atom is -0.479 e. The summed E-state index contributed by atoms with van der Waals surface area (Å²) in [5.74, 6) is 0.641. The maximum atomic E-state index is 11.8. The maximum Gasteiger partial charge on any atom is 0.241 e. The molecule has 0 atom stereocenters. The Morgan fingerprint density at radius 3 is 3.12 bits per heavy atom. The van der Waals surface area contributed by atoms with Gasteiger partial charge in [-0.3, -0.25) is 4.79 Å². The molecule has 1 aliphatic carbocycles. The SMILES string of the molecule is COc1ncnc2c1NC1=C(CCCC1=O)S2. The highest BCUT2D eigenvalue weighted by atomic mass is 32.2. The van der Waals surface area contributed by atoms with Gasteiger partial charge in [-0.25, -0.2) is 4.98 Å². The van der Waals surface area contributed by atoms with Crippen molar-refractivity contribution in [2.24, 2.45) is 0 Å².